The van der Waals surface area contributed by atoms with Gasteiger partial charge in [0.2, 0.25) is 5.88 Å². The van der Waals surface area contributed by atoms with Crippen molar-refractivity contribution in [3.63, 3.8) is 0 Å². The van der Waals surface area contributed by atoms with Gasteiger partial charge in [-0.1, -0.05) is 30.3 Å². The lowest BCUT2D eigenvalue weighted by Crippen LogP contribution is -2.22. The summed E-state index contributed by atoms with van der Waals surface area (Å²) in [5.74, 6) is -0.621. The molecule has 0 saturated heterocycles. The summed E-state index contributed by atoms with van der Waals surface area (Å²) in [7, 11) is 0. The monoisotopic (exact) mass is 430 g/mol. The molecule has 8 heteroatoms. The number of hydrogen-bond acceptors (Lipinski definition) is 5. The van der Waals surface area contributed by atoms with E-state index in [4.69, 9.17) is 4.74 Å². The normalized spacial score (nSPS) is 10.5. The van der Waals surface area contributed by atoms with Crippen LogP contribution < -0.4 is 15.6 Å². The van der Waals surface area contributed by atoms with Crippen molar-refractivity contribution < 1.29 is 13.9 Å². The lowest BCUT2D eigenvalue weighted by Gasteiger charge is -2.11. The fourth-order valence-electron chi connectivity index (χ4n) is 3.05. The first kappa shape index (κ1) is 20.9. The van der Waals surface area contributed by atoms with E-state index >= 15 is 0 Å². The van der Waals surface area contributed by atoms with Gasteiger partial charge in [0.05, 0.1) is 18.3 Å². The molecule has 4 rings (SSSR count). The Morgan fingerprint density at radius 2 is 1.91 bits per heavy atom. The molecule has 0 radical (unpaired) electrons. The number of aromatic nitrogens is 3. The highest BCUT2D eigenvalue weighted by molar-refractivity contribution is 6.04. The summed E-state index contributed by atoms with van der Waals surface area (Å²) in [6, 6.07) is 16.5. The Balaban J connectivity index is 1.48. The van der Waals surface area contributed by atoms with Gasteiger partial charge < -0.3 is 14.6 Å². The standard InChI is InChI=1S/C24H19FN4O3/c25-21-8-7-20(12-19(21)16-32-22-13-26-10-11-27-22)28-24(31)18-6-9-23(30)29(15-18)14-17-4-2-1-3-5-17/h1-13,15H,14,16H2,(H,28,31). The lowest BCUT2D eigenvalue weighted by atomic mass is 10.2. The number of halogens is 1. The van der Waals surface area contributed by atoms with Crippen molar-refractivity contribution in [3.05, 3.63) is 118 Å². The van der Waals surface area contributed by atoms with Crippen molar-refractivity contribution in [1.29, 1.82) is 0 Å². The number of rotatable bonds is 7. The van der Waals surface area contributed by atoms with E-state index in [1.165, 1.54) is 59.7 Å². The Morgan fingerprint density at radius 3 is 2.69 bits per heavy atom. The zero-order chi connectivity index (χ0) is 22.3. The summed E-state index contributed by atoms with van der Waals surface area (Å²) < 4.78 is 21.1. The third-order valence-electron chi connectivity index (χ3n) is 4.66. The molecule has 2 aromatic heterocycles. The maximum atomic E-state index is 14.2. The minimum Gasteiger partial charge on any atom is -0.472 e. The Labute approximate surface area is 183 Å². The Hall–Kier alpha value is -4.33. The van der Waals surface area contributed by atoms with E-state index < -0.39 is 11.7 Å². The second kappa shape index (κ2) is 9.65. The Morgan fingerprint density at radius 1 is 1.06 bits per heavy atom. The van der Waals surface area contributed by atoms with Crippen LogP contribution in [0.15, 0.2) is 90.2 Å². The maximum Gasteiger partial charge on any atom is 0.257 e. The number of amides is 1. The molecule has 0 unspecified atom stereocenters. The van der Waals surface area contributed by atoms with Gasteiger partial charge in [0.25, 0.3) is 11.5 Å². The SMILES string of the molecule is O=C(Nc1ccc(F)c(COc2cnccn2)c1)c1ccc(=O)n(Cc2ccccc2)c1. The number of carbonyl (C=O) groups excluding carboxylic acids is 1. The van der Waals surface area contributed by atoms with Crippen molar-refractivity contribution in [2.45, 2.75) is 13.2 Å². The summed E-state index contributed by atoms with van der Waals surface area (Å²) >= 11 is 0. The van der Waals surface area contributed by atoms with Crippen LogP contribution >= 0.6 is 0 Å². The fraction of sp³-hybridized carbons (Fsp3) is 0.0833. The van der Waals surface area contributed by atoms with Crippen LogP contribution in [0, 0.1) is 5.82 Å². The third kappa shape index (κ3) is 5.23. The molecule has 7 nitrogen and oxygen atoms in total. The number of nitrogens with zero attached hydrogens (tertiary/aromatic N) is 3. The van der Waals surface area contributed by atoms with Crippen molar-refractivity contribution in [3.8, 4) is 5.88 Å². The zero-order valence-corrected chi connectivity index (χ0v) is 16.9. The van der Waals surface area contributed by atoms with Crippen molar-refractivity contribution >= 4 is 11.6 Å². The number of pyridine rings is 1. The van der Waals surface area contributed by atoms with E-state index in [1.54, 1.807) is 0 Å². The molecule has 0 atom stereocenters. The molecule has 160 valence electrons. The molecule has 1 N–H and O–H groups in total. The molecule has 2 aromatic carbocycles. The van der Waals surface area contributed by atoms with Gasteiger partial charge in [-0.2, -0.15) is 0 Å². The number of benzene rings is 2. The van der Waals surface area contributed by atoms with Gasteiger partial charge >= 0.3 is 0 Å². The van der Waals surface area contributed by atoms with Gasteiger partial charge in [0, 0.05) is 35.9 Å². The Kier molecular flexibility index (Phi) is 6.31. The summed E-state index contributed by atoms with van der Waals surface area (Å²) in [4.78, 5) is 32.8. The van der Waals surface area contributed by atoms with Crippen LogP contribution in [0.2, 0.25) is 0 Å². The summed E-state index contributed by atoms with van der Waals surface area (Å²) in [6.07, 6.45) is 5.91. The van der Waals surface area contributed by atoms with E-state index in [2.05, 4.69) is 15.3 Å². The molecule has 2 heterocycles. The van der Waals surface area contributed by atoms with Gasteiger partial charge in [-0.25, -0.2) is 9.37 Å². The van der Waals surface area contributed by atoms with Gasteiger partial charge in [-0.15, -0.1) is 0 Å². The van der Waals surface area contributed by atoms with Crippen LogP contribution in [0.25, 0.3) is 0 Å². The minimum atomic E-state index is -0.469. The molecule has 0 bridgehead atoms. The second-order valence-electron chi connectivity index (χ2n) is 6.96. The second-order valence-corrected chi connectivity index (χ2v) is 6.96. The number of nitrogens with one attached hydrogen (secondary N) is 1. The highest BCUT2D eigenvalue weighted by atomic mass is 19.1. The topological polar surface area (TPSA) is 86.1 Å². The van der Waals surface area contributed by atoms with Crippen LogP contribution in [0.1, 0.15) is 21.5 Å². The largest absolute Gasteiger partial charge is 0.472 e. The molecule has 32 heavy (non-hydrogen) atoms. The van der Waals surface area contributed by atoms with Crippen LogP contribution in [0.3, 0.4) is 0 Å². The molecule has 0 fully saturated rings. The summed E-state index contributed by atoms with van der Waals surface area (Å²) in [6.45, 7) is 0.275. The molecule has 1 amide bonds. The number of carbonyl (C=O) groups is 1. The van der Waals surface area contributed by atoms with Gasteiger partial charge in [-0.05, 0) is 29.8 Å². The lowest BCUT2D eigenvalue weighted by molar-refractivity contribution is 0.102. The molecular formula is C24H19FN4O3. The highest BCUT2D eigenvalue weighted by Gasteiger charge is 2.11. The van der Waals surface area contributed by atoms with Gasteiger partial charge in [0.15, 0.2) is 0 Å². The predicted octanol–water partition coefficient (Wildman–Crippen LogP) is 3.66. The number of anilines is 1. The zero-order valence-electron chi connectivity index (χ0n) is 16.9. The minimum absolute atomic E-state index is 0.0732. The van der Waals surface area contributed by atoms with Crippen LogP contribution in [0.5, 0.6) is 5.88 Å². The van der Waals surface area contributed by atoms with E-state index in [1.807, 2.05) is 30.3 Å². The fourth-order valence-corrected chi connectivity index (χ4v) is 3.05. The third-order valence-corrected chi connectivity index (χ3v) is 4.66. The predicted molar refractivity (Wildman–Crippen MR) is 117 cm³/mol. The van der Waals surface area contributed by atoms with Crippen LogP contribution in [0.4, 0.5) is 10.1 Å². The molecular weight excluding hydrogens is 411 g/mol. The quantitative estimate of drug-likeness (QED) is 0.484. The first-order valence-electron chi connectivity index (χ1n) is 9.81. The van der Waals surface area contributed by atoms with E-state index in [-0.39, 0.29) is 23.6 Å². The average molecular weight is 430 g/mol. The van der Waals surface area contributed by atoms with Crippen molar-refractivity contribution in [2.24, 2.45) is 0 Å². The molecule has 0 saturated carbocycles. The Bertz CT molecular complexity index is 1280. The van der Waals surface area contributed by atoms with Crippen LogP contribution in [-0.4, -0.2) is 20.4 Å². The maximum absolute atomic E-state index is 14.2. The van der Waals surface area contributed by atoms with Gasteiger partial charge in [0.1, 0.15) is 12.4 Å². The van der Waals surface area contributed by atoms with E-state index in [0.717, 1.165) is 5.56 Å². The smallest absolute Gasteiger partial charge is 0.257 e. The van der Waals surface area contributed by atoms with E-state index in [9.17, 15) is 14.0 Å². The molecule has 4 aromatic rings. The first-order chi connectivity index (χ1) is 15.6. The molecule has 0 aliphatic heterocycles. The summed E-state index contributed by atoms with van der Waals surface area (Å²) in [5, 5.41) is 2.73. The van der Waals surface area contributed by atoms with Crippen LogP contribution in [-0.2, 0) is 13.2 Å². The number of hydrogen-bond donors (Lipinski definition) is 1. The van der Waals surface area contributed by atoms with E-state index in [0.29, 0.717) is 17.8 Å². The van der Waals surface area contributed by atoms with Crippen molar-refractivity contribution in [2.75, 3.05) is 5.32 Å². The van der Waals surface area contributed by atoms with Gasteiger partial charge in [-0.3, -0.25) is 14.6 Å². The van der Waals surface area contributed by atoms with Crippen molar-refractivity contribution in [1.82, 2.24) is 14.5 Å². The molecule has 0 spiro atoms. The number of ether oxygens (including phenoxy) is 1. The summed E-state index contributed by atoms with van der Waals surface area (Å²) in [5.41, 5.74) is 1.69. The first-order valence-corrected chi connectivity index (χ1v) is 9.81. The molecule has 0 aliphatic carbocycles. The molecule has 0 aliphatic rings. The highest BCUT2D eigenvalue weighted by Crippen LogP contribution is 2.18. The average Bonchev–Trinajstić information content (AvgIpc) is 2.82.